The van der Waals surface area contributed by atoms with E-state index < -0.39 is 10.0 Å². The first kappa shape index (κ1) is 24.1. The van der Waals surface area contributed by atoms with Gasteiger partial charge in [0.2, 0.25) is 10.0 Å². The summed E-state index contributed by atoms with van der Waals surface area (Å²) in [4.78, 5) is 20.7. The van der Waals surface area contributed by atoms with Crippen LogP contribution in [0.3, 0.4) is 0 Å². The first-order valence-corrected chi connectivity index (χ1v) is 13.0. The molecule has 3 heterocycles. The van der Waals surface area contributed by atoms with Gasteiger partial charge in [-0.3, -0.25) is 4.79 Å². The highest BCUT2D eigenvalue weighted by atomic mass is 32.2. The van der Waals surface area contributed by atoms with Crippen molar-refractivity contribution in [3.8, 4) is 11.3 Å². The molecule has 10 heteroatoms. The lowest BCUT2D eigenvalue weighted by atomic mass is 10.1. The molecule has 0 bridgehead atoms. The molecule has 0 aliphatic rings. The molecule has 0 saturated carbocycles. The molecule has 0 spiro atoms. The van der Waals surface area contributed by atoms with Crippen LogP contribution in [0.4, 0.5) is 5.69 Å². The third-order valence-electron chi connectivity index (χ3n) is 5.51. The summed E-state index contributed by atoms with van der Waals surface area (Å²) in [6.07, 6.45) is 1.67. The molecule has 34 heavy (non-hydrogen) atoms. The van der Waals surface area contributed by atoms with Crippen molar-refractivity contribution in [2.75, 3.05) is 19.4 Å². The Morgan fingerprint density at radius 2 is 1.79 bits per heavy atom. The van der Waals surface area contributed by atoms with Gasteiger partial charge in [0.05, 0.1) is 27.7 Å². The number of rotatable bonds is 6. The summed E-state index contributed by atoms with van der Waals surface area (Å²) in [5, 5.41) is 8.01. The lowest BCUT2D eigenvalue weighted by Crippen LogP contribution is -2.22. The van der Waals surface area contributed by atoms with E-state index in [2.05, 4.69) is 16.5 Å². The van der Waals surface area contributed by atoms with E-state index in [9.17, 15) is 13.2 Å². The Morgan fingerprint density at radius 3 is 2.35 bits per heavy atom. The van der Waals surface area contributed by atoms with Crippen molar-refractivity contribution in [1.82, 2.24) is 19.1 Å². The Bertz CT molecular complexity index is 1480. The average Bonchev–Trinajstić information content (AvgIpc) is 3.35. The van der Waals surface area contributed by atoms with E-state index in [0.717, 1.165) is 14.7 Å². The van der Waals surface area contributed by atoms with E-state index in [4.69, 9.17) is 4.98 Å². The number of benzene rings is 1. The fourth-order valence-corrected chi connectivity index (χ4v) is 5.56. The van der Waals surface area contributed by atoms with Crippen molar-refractivity contribution in [1.29, 1.82) is 0 Å². The Kier molecular flexibility index (Phi) is 6.32. The van der Waals surface area contributed by atoms with Crippen LogP contribution in [0.15, 0.2) is 47.5 Å². The molecule has 0 radical (unpaired) electrons. The summed E-state index contributed by atoms with van der Waals surface area (Å²) < 4.78 is 27.6. The molecule has 0 aliphatic heterocycles. The van der Waals surface area contributed by atoms with E-state index in [1.165, 1.54) is 31.1 Å². The van der Waals surface area contributed by atoms with Crippen LogP contribution in [0.2, 0.25) is 0 Å². The van der Waals surface area contributed by atoms with Gasteiger partial charge in [0.25, 0.3) is 5.91 Å². The van der Waals surface area contributed by atoms with Gasteiger partial charge in [-0.15, -0.1) is 11.3 Å². The minimum absolute atomic E-state index is 0.0765. The number of sulfonamides is 1. The number of nitrogens with zero attached hydrogens (tertiary/aromatic N) is 4. The molecule has 1 N–H and O–H groups in total. The molecule has 0 atom stereocenters. The van der Waals surface area contributed by atoms with Crippen LogP contribution in [-0.4, -0.2) is 47.5 Å². The third kappa shape index (κ3) is 4.36. The lowest BCUT2D eigenvalue weighted by Gasteiger charge is -2.13. The molecule has 3 aromatic heterocycles. The van der Waals surface area contributed by atoms with Crippen molar-refractivity contribution >= 4 is 44.0 Å². The second-order valence-corrected chi connectivity index (χ2v) is 12.2. The van der Waals surface area contributed by atoms with E-state index in [-0.39, 0.29) is 16.8 Å². The van der Waals surface area contributed by atoms with Gasteiger partial charge in [-0.2, -0.15) is 5.10 Å². The van der Waals surface area contributed by atoms with Crippen LogP contribution in [0.1, 0.15) is 40.0 Å². The maximum absolute atomic E-state index is 13.4. The van der Waals surface area contributed by atoms with Gasteiger partial charge in [0.1, 0.15) is 0 Å². The predicted octanol–water partition coefficient (Wildman–Crippen LogP) is 4.86. The number of fused-ring (bicyclic) bond motifs is 1. The summed E-state index contributed by atoms with van der Waals surface area (Å²) in [7, 11) is -0.590. The molecular weight excluding hydrogens is 470 g/mol. The van der Waals surface area contributed by atoms with Gasteiger partial charge < -0.3 is 5.32 Å². The second kappa shape index (κ2) is 8.94. The van der Waals surface area contributed by atoms with Gasteiger partial charge >= 0.3 is 0 Å². The standard InChI is InChI=1S/C24H27N5O3S2/c1-14(2)29-23-21(13-25-29)20(12-22(27-23)19-11-15(3)33-16(19)4)24(30)26-17-7-9-18(10-8-17)34(31,32)28(5)6/h7-14H,1-6H3,(H,26,30). The summed E-state index contributed by atoms with van der Waals surface area (Å²) in [5.41, 5.74) is 3.31. The van der Waals surface area contributed by atoms with Gasteiger partial charge in [-0.1, -0.05) is 0 Å². The molecule has 0 saturated heterocycles. The van der Waals surface area contributed by atoms with Crippen molar-refractivity contribution in [2.24, 2.45) is 0 Å². The largest absolute Gasteiger partial charge is 0.322 e. The molecule has 1 amide bonds. The van der Waals surface area contributed by atoms with Gasteiger partial charge in [-0.05, 0) is 64.1 Å². The van der Waals surface area contributed by atoms with Crippen molar-refractivity contribution in [3.05, 3.63) is 57.9 Å². The number of carbonyl (C=O) groups excluding carboxylic acids is 1. The molecule has 8 nitrogen and oxygen atoms in total. The summed E-state index contributed by atoms with van der Waals surface area (Å²) >= 11 is 1.69. The minimum Gasteiger partial charge on any atom is -0.322 e. The number of pyridine rings is 1. The van der Waals surface area contributed by atoms with Gasteiger partial charge in [0.15, 0.2) is 5.65 Å². The number of amides is 1. The smallest absolute Gasteiger partial charge is 0.256 e. The highest BCUT2D eigenvalue weighted by Crippen LogP contribution is 2.33. The number of anilines is 1. The molecular formula is C24H27N5O3S2. The highest BCUT2D eigenvalue weighted by Gasteiger charge is 2.21. The summed E-state index contributed by atoms with van der Waals surface area (Å²) in [5.74, 6) is -0.315. The molecule has 0 aliphatic carbocycles. The average molecular weight is 498 g/mol. The predicted molar refractivity (Wildman–Crippen MR) is 136 cm³/mol. The number of carbonyl (C=O) groups is 1. The topological polar surface area (TPSA) is 97.2 Å². The van der Waals surface area contributed by atoms with Gasteiger partial charge in [-0.25, -0.2) is 22.4 Å². The Morgan fingerprint density at radius 1 is 1.12 bits per heavy atom. The van der Waals surface area contributed by atoms with Gasteiger partial charge in [0, 0.05) is 41.1 Å². The normalized spacial score (nSPS) is 12.1. The molecule has 4 rings (SSSR count). The van der Waals surface area contributed by atoms with Crippen LogP contribution < -0.4 is 5.32 Å². The molecule has 4 aromatic rings. The molecule has 1 aromatic carbocycles. The molecule has 178 valence electrons. The van der Waals surface area contributed by atoms with Crippen molar-refractivity contribution in [3.63, 3.8) is 0 Å². The van der Waals surface area contributed by atoms with Crippen LogP contribution in [0.5, 0.6) is 0 Å². The van der Waals surface area contributed by atoms with Crippen LogP contribution in [0.25, 0.3) is 22.3 Å². The maximum atomic E-state index is 13.4. The lowest BCUT2D eigenvalue weighted by molar-refractivity contribution is 0.102. The SMILES string of the molecule is Cc1cc(-c2cc(C(=O)Nc3ccc(S(=O)(=O)N(C)C)cc3)c3cnn(C(C)C)c3n2)c(C)s1. The van der Waals surface area contributed by atoms with E-state index >= 15 is 0 Å². The number of hydrogen-bond acceptors (Lipinski definition) is 6. The number of thiophene rings is 1. The second-order valence-electron chi connectivity index (χ2n) is 8.57. The highest BCUT2D eigenvalue weighted by molar-refractivity contribution is 7.89. The van der Waals surface area contributed by atoms with Crippen molar-refractivity contribution in [2.45, 2.75) is 38.6 Å². The van der Waals surface area contributed by atoms with Crippen LogP contribution >= 0.6 is 11.3 Å². The monoisotopic (exact) mass is 497 g/mol. The zero-order valence-corrected chi connectivity index (χ0v) is 21.6. The quantitative estimate of drug-likeness (QED) is 0.410. The number of nitrogens with one attached hydrogen (secondary N) is 1. The fraction of sp³-hybridized carbons (Fsp3) is 0.292. The summed E-state index contributed by atoms with van der Waals surface area (Å²) in [6.45, 7) is 8.13. The Balaban J connectivity index is 1.76. The number of aryl methyl sites for hydroxylation is 2. The van der Waals surface area contributed by atoms with Crippen LogP contribution in [-0.2, 0) is 10.0 Å². The van der Waals surface area contributed by atoms with E-state index in [1.54, 1.807) is 35.7 Å². The fourth-order valence-electron chi connectivity index (χ4n) is 3.73. The minimum atomic E-state index is -3.54. The first-order chi connectivity index (χ1) is 16.0. The van der Waals surface area contributed by atoms with Crippen molar-refractivity contribution < 1.29 is 13.2 Å². The van der Waals surface area contributed by atoms with Crippen LogP contribution in [0, 0.1) is 13.8 Å². The van der Waals surface area contributed by atoms with E-state index in [1.807, 2.05) is 32.4 Å². The molecule has 0 unspecified atom stereocenters. The third-order valence-corrected chi connectivity index (χ3v) is 8.30. The van der Waals surface area contributed by atoms with E-state index in [0.29, 0.717) is 28.0 Å². The summed E-state index contributed by atoms with van der Waals surface area (Å²) in [6, 6.07) is 10.1. The Hall–Kier alpha value is -3.08. The Labute approximate surface area is 203 Å². The zero-order valence-electron chi connectivity index (χ0n) is 19.9. The number of hydrogen-bond donors (Lipinski definition) is 1. The first-order valence-electron chi connectivity index (χ1n) is 10.8. The maximum Gasteiger partial charge on any atom is 0.256 e. The molecule has 0 fully saturated rings. The number of aromatic nitrogens is 3. The zero-order chi connectivity index (χ0) is 24.8.